The smallest absolute Gasteiger partial charge is 0.306 e. The molecule has 0 fully saturated rings. The molecule has 2 rings (SSSR count). The minimum absolute atomic E-state index is 0.0968. The number of halogens is 2. The molecule has 5 heteroatoms. The zero-order valence-corrected chi connectivity index (χ0v) is 12.0. The van der Waals surface area contributed by atoms with Crippen molar-refractivity contribution in [2.24, 2.45) is 5.92 Å². The first kappa shape index (κ1) is 16.1. The van der Waals surface area contributed by atoms with E-state index in [0.717, 1.165) is 6.07 Å². The highest BCUT2D eigenvalue weighted by atomic mass is 19.1. The monoisotopic (exact) mass is 306 g/mol. The molecule has 0 aliphatic rings. The highest BCUT2D eigenvalue weighted by Crippen LogP contribution is 2.27. The lowest BCUT2D eigenvalue weighted by Crippen LogP contribution is -2.13. The number of carboxylic acids is 1. The molecule has 2 aromatic carbocycles. The zero-order valence-electron chi connectivity index (χ0n) is 12.0. The molecule has 0 aromatic heterocycles. The first-order valence-corrected chi connectivity index (χ1v) is 6.84. The lowest BCUT2D eigenvalue weighted by atomic mass is 9.96. The highest BCUT2D eigenvalue weighted by molar-refractivity contribution is 5.69. The van der Waals surface area contributed by atoms with E-state index in [-0.39, 0.29) is 12.0 Å². The number of hydrogen-bond donors (Lipinski definition) is 2. The van der Waals surface area contributed by atoms with E-state index in [1.165, 1.54) is 19.1 Å². The molecule has 0 aliphatic heterocycles. The molecule has 22 heavy (non-hydrogen) atoms. The van der Waals surface area contributed by atoms with E-state index in [1.54, 1.807) is 24.3 Å². The summed E-state index contributed by atoms with van der Waals surface area (Å²) in [5.74, 6) is -2.93. The molecule has 2 N–H and O–H groups in total. The molecule has 0 amide bonds. The summed E-state index contributed by atoms with van der Waals surface area (Å²) in [6.07, 6.45) is -0.808. The Balaban J connectivity index is 2.18. The van der Waals surface area contributed by atoms with E-state index in [4.69, 9.17) is 5.11 Å². The van der Waals surface area contributed by atoms with Crippen LogP contribution in [0.15, 0.2) is 42.5 Å². The van der Waals surface area contributed by atoms with Crippen LogP contribution < -0.4 is 0 Å². The van der Waals surface area contributed by atoms with Gasteiger partial charge < -0.3 is 10.2 Å². The third-order valence-corrected chi connectivity index (χ3v) is 3.54. The fraction of sp³-hybridized carbons (Fsp3) is 0.235. The number of aliphatic hydroxyl groups is 1. The van der Waals surface area contributed by atoms with Crippen LogP contribution in [-0.4, -0.2) is 16.2 Å². The topological polar surface area (TPSA) is 57.5 Å². The maximum Gasteiger partial charge on any atom is 0.306 e. The van der Waals surface area contributed by atoms with E-state index in [0.29, 0.717) is 11.1 Å². The van der Waals surface area contributed by atoms with E-state index in [1.807, 2.05) is 0 Å². The lowest BCUT2D eigenvalue weighted by Gasteiger charge is -2.14. The van der Waals surface area contributed by atoms with Crippen LogP contribution in [0.1, 0.15) is 25.0 Å². The Morgan fingerprint density at radius 2 is 1.77 bits per heavy atom. The van der Waals surface area contributed by atoms with Crippen molar-refractivity contribution < 1.29 is 23.8 Å². The molecule has 116 valence electrons. The van der Waals surface area contributed by atoms with Crippen molar-refractivity contribution in [1.29, 1.82) is 0 Å². The second-order valence-corrected chi connectivity index (χ2v) is 5.24. The minimum Gasteiger partial charge on any atom is -0.481 e. The van der Waals surface area contributed by atoms with Gasteiger partial charge >= 0.3 is 5.97 Å². The maximum absolute atomic E-state index is 13.7. The molecule has 0 spiro atoms. The summed E-state index contributed by atoms with van der Waals surface area (Å²) < 4.78 is 26.6. The Labute approximate surface area is 126 Å². The number of carbonyl (C=O) groups is 1. The quantitative estimate of drug-likeness (QED) is 0.884. The number of aliphatic hydroxyl groups excluding tert-OH is 1. The minimum atomic E-state index is -0.968. The second kappa shape index (κ2) is 6.66. The van der Waals surface area contributed by atoms with Crippen LogP contribution in [0.25, 0.3) is 11.1 Å². The molecule has 3 nitrogen and oxygen atoms in total. The zero-order chi connectivity index (χ0) is 16.3. The average molecular weight is 306 g/mol. The van der Waals surface area contributed by atoms with Crippen LogP contribution in [-0.2, 0) is 4.79 Å². The summed E-state index contributed by atoms with van der Waals surface area (Å²) in [4.78, 5) is 10.8. The Kier molecular flexibility index (Phi) is 4.88. The molecule has 0 heterocycles. The number of aliphatic carboxylic acids is 1. The summed E-state index contributed by atoms with van der Waals surface area (Å²) in [7, 11) is 0. The first-order chi connectivity index (χ1) is 10.4. The first-order valence-electron chi connectivity index (χ1n) is 6.84. The number of carboxylic acid groups (broad SMARTS) is 1. The number of benzene rings is 2. The molecule has 0 aliphatic carbocycles. The van der Waals surface area contributed by atoms with Crippen molar-refractivity contribution in [3.05, 3.63) is 59.7 Å². The molecule has 0 saturated heterocycles. The fourth-order valence-electron chi connectivity index (χ4n) is 2.18. The molecule has 2 unspecified atom stereocenters. The summed E-state index contributed by atoms with van der Waals surface area (Å²) in [5, 5.41) is 18.8. The second-order valence-electron chi connectivity index (χ2n) is 5.24. The van der Waals surface area contributed by atoms with Gasteiger partial charge in [0.25, 0.3) is 0 Å². The van der Waals surface area contributed by atoms with Gasteiger partial charge in [-0.3, -0.25) is 4.79 Å². The maximum atomic E-state index is 13.7. The van der Waals surface area contributed by atoms with Crippen molar-refractivity contribution in [2.45, 2.75) is 19.4 Å². The number of hydrogen-bond acceptors (Lipinski definition) is 2. The Morgan fingerprint density at radius 1 is 1.14 bits per heavy atom. The van der Waals surface area contributed by atoms with E-state index >= 15 is 0 Å². The van der Waals surface area contributed by atoms with Crippen LogP contribution in [0.5, 0.6) is 0 Å². The molecular formula is C17H16F2O3. The largest absolute Gasteiger partial charge is 0.481 e. The molecule has 0 saturated carbocycles. The molecule has 0 bridgehead atoms. The normalized spacial score (nSPS) is 13.6. The van der Waals surface area contributed by atoms with Crippen LogP contribution in [0.4, 0.5) is 8.78 Å². The van der Waals surface area contributed by atoms with Gasteiger partial charge in [0.15, 0.2) is 0 Å². The van der Waals surface area contributed by atoms with Crippen molar-refractivity contribution in [2.75, 3.05) is 0 Å². The van der Waals surface area contributed by atoms with Gasteiger partial charge in [0.2, 0.25) is 0 Å². The van der Waals surface area contributed by atoms with Crippen molar-refractivity contribution >= 4 is 5.97 Å². The summed E-state index contributed by atoms with van der Waals surface area (Å²) in [6, 6.07) is 9.78. The van der Waals surface area contributed by atoms with Gasteiger partial charge in [0.05, 0.1) is 12.0 Å². The lowest BCUT2D eigenvalue weighted by molar-refractivity contribution is -0.142. The molecule has 2 aromatic rings. The van der Waals surface area contributed by atoms with Crippen LogP contribution >= 0.6 is 0 Å². The van der Waals surface area contributed by atoms with Gasteiger partial charge in [-0.15, -0.1) is 0 Å². The van der Waals surface area contributed by atoms with Crippen LogP contribution in [0, 0.1) is 17.6 Å². The van der Waals surface area contributed by atoms with Gasteiger partial charge in [0.1, 0.15) is 11.6 Å². The third kappa shape index (κ3) is 3.68. The standard InChI is InChI=1S/C17H16F2O3/c1-10(17(21)22)8-16(20)12-4-2-11(3-5-12)14-7-6-13(18)9-15(14)19/h2-7,9-10,16,20H,8H2,1H3,(H,21,22). The van der Waals surface area contributed by atoms with E-state index < -0.39 is 29.6 Å². The van der Waals surface area contributed by atoms with Crippen LogP contribution in [0.2, 0.25) is 0 Å². The van der Waals surface area contributed by atoms with Gasteiger partial charge in [0, 0.05) is 11.6 Å². The third-order valence-electron chi connectivity index (χ3n) is 3.54. The van der Waals surface area contributed by atoms with Crippen LogP contribution in [0.3, 0.4) is 0 Å². The molecule has 2 atom stereocenters. The molecular weight excluding hydrogens is 290 g/mol. The number of rotatable bonds is 5. The van der Waals surface area contributed by atoms with Crippen molar-refractivity contribution in [3.63, 3.8) is 0 Å². The Hall–Kier alpha value is -2.27. The predicted molar refractivity (Wildman–Crippen MR) is 78.2 cm³/mol. The van der Waals surface area contributed by atoms with Gasteiger partial charge in [-0.2, -0.15) is 0 Å². The predicted octanol–water partition coefficient (Wildman–Crippen LogP) is 3.78. The highest BCUT2D eigenvalue weighted by Gasteiger charge is 2.18. The molecule has 0 radical (unpaired) electrons. The average Bonchev–Trinajstić information content (AvgIpc) is 2.47. The summed E-state index contributed by atoms with van der Waals surface area (Å²) in [5.41, 5.74) is 1.38. The Morgan fingerprint density at radius 3 is 2.32 bits per heavy atom. The SMILES string of the molecule is CC(CC(O)c1ccc(-c2ccc(F)cc2F)cc1)C(=O)O. The van der Waals surface area contributed by atoms with Crippen molar-refractivity contribution in [3.8, 4) is 11.1 Å². The van der Waals surface area contributed by atoms with Gasteiger partial charge in [-0.25, -0.2) is 8.78 Å². The van der Waals surface area contributed by atoms with Crippen molar-refractivity contribution in [1.82, 2.24) is 0 Å². The van der Waals surface area contributed by atoms with Gasteiger partial charge in [-0.05, 0) is 29.7 Å². The van der Waals surface area contributed by atoms with E-state index in [9.17, 15) is 18.7 Å². The fourth-order valence-corrected chi connectivity index (χ4v) is 2.18. The Bertz CT molecular complexity index is 668. The van der Waals surface area contributed by atoms with E-state index in [2.05, 4.69) is 0 Å². The summed E-state index contributed by atoms with van der Waals surface area (Å²) >= 11 is 0. The van der Waals surface area contributed by atoms with Gasteiger partial charge in [-0.1, -0.05) is 31.2 Å². The summed E-state index contributed by atoms with van der Waals surface area (Å²) in [6.45, 7) is 1.52.